The summed E-state index contributed by atoms with van der Waals surface area (Å²) in [5.41, 5.74) is 5.98. The van der Waals surface area contributed by atoms with Crippen molar-refractivity contribution in [1.29, 1.82) is 0 Å². The Morgan fingerprint density at radius 2 is 0.559 bits per heavy atom. The highest BCUT2D eigenvalue weighted by molar-refractivity contribution is 4.93. The van der Waals surface area contributed by atoms with Gasteiger partial charge in [-0.3, -0.25) is 0 Å². The third-order valence-electron chi connectivity index (χ3n) is 25.7. The maximum atomic E-state index is 5.41. The average Bonchev–Trinajstić information content (AvgIpc) is 1.76. The first-order valence-corrected chi connectivity index (χ1v) is 40.5. The van der Waals surface area contributed by atoms with Crippen molar-refractivity contribution in [2.45, 2.75) is 389 Å². The predicted octanol–water partition coefficient (Wildman–Crippen LogP) is 28.0. The summed E-state index contributed by atoms with van der Waals surface area (Å²) >= 11 is 0. The molecule has 4 heterocycles. The molecule has 6 aliphatic carbocycles. The predicted molar refractivity (Wildman–Crippen MR) is 418 cm³/mol. The van der Waals surface area contributed by atoms with E-state index < -0.39 is 0 Å². The van der Waals surface area contributed by atoms with E-state index in [1.54, 1.807) is 0 Å². The SMILES string of the molecule is CC(C)(C)C1(C)CCC1.CC(C)(C)C1CC1.CC(C)(C)C1CCCC1.CC(C)(C)C1CCCCC1.CC(C)(C)C1CCCOC1.CC(C)(C)C1CCOC1.CC(C)(C)C1COC1.CC1CC(C(C)(C)C)C1.CC1CCC(C(C)(C)C)CC1.CN1CCC(C(C)(C)C)CC1. The van der Waals surface area contributed by atoms with Crippen LogP contribution < -0.4 is 0 Å². The van der Waals surface area contributed by atoms with Gasteiger partial charge in [-0.1, -0.05) is 280 Å². The number of nitrogens with zero attached hydrogens (tertiary/aromatic N) is 1. The summed E-state index contributed by atoms with van der Waals surface area (Å²) in [5.74, 6) is 10.4. The van der Waals surface area contributed by atoms with Gasteiger partial charge in [0.1, 0.15) is 0 Å². The Hall–Kier alpha value is -0.160. The lowest BCUT2D eigenvalue weighted by Gasteiger charge is -2.49. The Morgan fingerprint density at radius 1 is 0.269 bits per heavy atom. The lowest BCUT2D eigenvalue weighted by molar-refractivity contribution is -0.0821. The summed E-state index contributed by atoms with van der Waals surface area (Å²) < 4.78 is 15.8. The third-order valence-corrected chi connectivity index (χ3v) is 25.7. The fourth-order valence-electron chi connectivity index (χ4n) is 15.2. The molecule has 558 valence electrons. The minimum atomic E-state index is 0.445. The zero-order valence-electron chi connectivity index (χ0n) is 70.9. The molecule has 0 amide bonds. The molecule has 4 nitrogen and oxygen atoms in total. The molecule has 0 bridgehead atoms. The van der Waals surface area contributed by atoms with Crippen LogP contribution in [0.2, 0.25) is 0 Å². The number of rotatable bonds is 0. The second-order valence-electron chi connectivity index (χ2n) is 44.1. The van der Waals surface area contributed by atoms with Gasteiger partial charge in [0.05, 0.1) is 13.2 Å². The summed E-state index contributed by atoms with van der Waals surface area (Å²) in [4.78, 5) is 2.43. The smallest absolute Gasteiger partial charge is 0.0521 e. The van der Waals surface area contributed by atoms with Crippen LogP contribution in [0.4, 0.5) is 0 Å². The highest BCUT2D eigenvalue weighted by Gasteiger charge is 2.42. The molecule has 93 heavy (non-hydrogen) atoms. The second-order valence-corrected chi connectivity index (χ2v) is 44.1. The van der Waals surface area contributed by atoms with Gasteiger partial charge in [0.15, 0.2) is 0 Å². The molecular formula is C89H179NO3. The third kappa shape index (κ3) is 39.0. The first kappa shape index (κ1) is 90.9. The summed E-state index contributed by atoms with van der Waals surface area (Å²) in [6.45, 7) is 85.7. The molecule has 0 aromatic heterocycles. The van der Waals surface area contributed by atoms with Crippen LogP contribution in [0.1, 0.15) is 389 Å². The molecule has 10 aliphatic rings. The molecule has 4 aliphatic heterocycles. The van der Waals surface area contributed by atoms with Crippen LogP contribution in [0.15, 0.2) is 0 Å². The lowest BCUT2D eigenvalue weighted by Crippen LogP contribution is -2.38. The molecule has 0 aromatic rings. The van der Waals surface area contributed by atoms with E-state index in [4.69, 9.17) is 14.2 Å². The lowest BCUT2D eigenvalue weighted by atomic mass is 9.56. The van der Waals surface area contributed by atoms with E-state index in [1.165, 1.54) is 174 Å². The Morgan fingerprint density at radius 3 is 0.742 bits per heavy atom. The first-order valence-electron chi connectivity index (χ1n) is 40.5. The van der Waals surface area contributed by atoms with Crippen LogP contribution in [-0.2, 0) is 14.2 Å². The van der Waals surface area contributed by atoms with Crippen molar-refractivity contribution in [1.82, 2.24) is 4.90 Å². The van der Waals surface area contributed by atoms with E-state index in [2.05, 4.69) is 240 Å². The fraction of sp³-hybridized carbons (Fsp3) is 1.00. The van der Waals surface area contributed by atoms with Crippen LogP contribution >= 0.6 is 0 Å². The van der Waals surface area contributed by atoms with Gasteiger partial charge < -0.3 is 19.1 Å². The molecule has 2 atom stereocenters. The van der Waals surface area contributed by atoms with Crippen molar-refractivity contribution < 1.29 is 14.2 Å². The number of ether oxygens (including phenoxy) is 3. The van der Waals surface area contributed by atoms with Crippen LogP contribution in [0.25, 0.3) is 0 Å². The van der Waals surface area contributed by atoms with Gasteiger partial charge in [0.2, 0.25) is 0 Å². The first-order chi connectivity index (χ1) is 42.1. The molecule has 2 unspecified atom stereocenters. The molecule has 0 spiro atoms. The summed E-state index contributed by atoms with van der Waals surface area (Å²) in [6.07, 6.45) is 36.0. The number of hydrogen-bond acceptors (Lipinski definition) is 4. The van der Waals surface area contributed by atoms with E-state index >= 15 is 0 Å². The van der Waals surface area contributed by atoms with Gasteiger partial charge in [0, 0.05) is 32.3 Å². The van der Waals surface area contributed by atoms with Crippen molar-refractivity contribution in [3.05, 3.63) is 0 Å². The minimum Gasteiger partial charge on any atom is -0.381 e. The van der Waals surface area contributed by atoms with Crippen molar-refractivity contribution in [2.24, 2.45) is 125 Å². The Kier molecular flexibility index (Phi) is 39.0. The van der Waals surface area contributed by atoms with Gasteiger partial charge in [0.25, 0.3) is 0 Å². The standard InChI is InChI=1S/C11H22.C10H21N.C10H20.C9H18O.3C9H18.C8H16O.C7H14O.C7H14/c1-9-5-7-10(8-6-9)11(2,3)4;1-10(2,3)9-5-7-11(4)8-6-9;1-10(2,3)9-7-5-4-6-8-9;1-9(2,3)8-5-4-6-10-7-8;1-7-5-8(6-7)9(2,3)4;1-8(2,3)9(4)6-5-7-9;1-9(2,3)8-6-4-5-7-8;1-8(2,3)7-4-5-9-6-7;1-7(2,3)6-4-8-5-6;1-7(2,3)6-4-5-6/h9-10H,5-8H2,1-4H3;9H,5-8H2,1-4H3;9H,4-8H2,1-3H3;8H,4-7H2,1-3H3;7-8H,5-6H2,1-4H3;5-7H2,1-4H3;8H,4-7H2,1-3H3;7H,4-6H2,1-3H3;6H,4-5H2,1-3H3;6H,4-5H2,1-3H3. The molecule has 0 aromatic carbocycles. The largest absolute Gasteiger partial charge is 0.381 e. The van der Waals surface area contributed by atoms with Crippen molar-refractivity contribution in [3.8, 4) is 0 Å². The molecule has 0 N–H and O–H groups in total. The van der Waals surface area contributed by atoms with Crippen LogP contribution in [0.5, 0.6) is 0 Å². The monoisotopic (exact) mass is 1310 g/mol. The highest BCUT2D eigenvalue weighted by Crippen LogP contribution is 2.53. The maximum Gasteiger partial charge on any atom is 0.0521 e. The molecular weight excluding hydrogens is 1130 g/mol. The summed E-state index contributed by atoms with van der Waals surface area (Å²) in [5, 5.41) is 0. The zero-order chi connectivity index (χ0) is 71.9. The normalized spacial score (nSPS) is 27.0. The average molecular weight is 1310 g/mol. The summed E-state index contributed by atoms with van der Waals surface area (Å²) in [6, 6.07) is 0. The van der Waals surface area contributed by atoms with Gasteiger partial charge in [-0.25, -0.2) is 0 Å². The van der Waals surface area contributed by atoms with E-state index in [0.29, 0.717) is 59.6 Å². The van der Waals surface area contributed by atoms with Crippen molar-refractivity contribution in [2.75, 3.05) is 59.8 Å². The van der Waals surface area contributed by atoms with Crippen LogP contribution in [0.3, 0.4) is 0 Å². The molecule has 10 rings (SSSR count). The van der Waals surface area contributed by atoms with Gasteiger partial charge in [-0.05, 0) is 248 Å². The van der Waals surface area contributed by atoms with Gasteiger partial charge in [-0.2, -0.15) is 0 Å². The molecule has 0 radical (unpaired) electrons. The zero-order valence-corrected chi connectivity index (χ0v) is 70.9. The molecule has 4 saturated heterocycles. The Bertz CT molecular complexity index is 1750. The minimum absolute atomic E-state index is 0.445. The Balaban J connectivity index is 0.000000518. The fourth-order valence-corrected chi connectivity index (χ4v) is 15.2. The molecule has 10 fully saturated rings. The summed E-state index contributed by atoms with van der Waals surface area (Å²) in [7, 11) is 2.22. The number of likely N-dealkylation sites (tertiary alicyclic amines) is 1. The van der Waals surface area contributed by atoms with Crippen molar-refractivity contribution >= 4 is 0 Å². The van der Waals surface area contributed by atoms with Crippen LogP contribution in [0, 0.1) is 125 Å². The van der Waals surface area contributed by atoms with E-state index in [0.717, 1.165) is 105 Å². The molecule has 4 heteroatoms. The van der Waals surface area contributed by atoms with E-state index in [9.17, 15) is 0 Å². The van der Waals surface area contributed by atoms with Gasteiger partial charge in [-0.15, -0.1) is 0 Å². The van der Waals surface area contributed by atoms with Crippen LogP contribution in [-0.4, -0.2) is 64.7 Å². The number of hydrogen-bond donors (Lipinski definition) is 0. The van der Waals surface area contributed by atoms with E-state index in [-0.39, 0.29) is 0 Å². The maximum absolute atomic E-state index is 5.41. The van der Waals surface area contributed by atoms with E-state index in [1.807, 2.05) is 0 Å². The molecule has 6 saturated carbocycles. The van der Waals surface area contributed by atoms with Gasteiger partial charge >= 0.3 is 0 Å². The Labute approximate surface area is 589 Å². The second kappa shape index (κ2) is 39.9. The number of piperidine rings is 1. The quantitative estimate of drug-likeness (QED) is 0.242. The van der Waals surface area contributed by atoms with Crippen molar-refractivity contribution in [3.63, 3.8) is 0 Å². The highest BCUT2D eigenvalue weighted by atomic mass is 16.5. The topological polar surface area (TPSA) is 30.9 Å².